The zero-order chi connectivity index (χ0) is 16.6. The number of ether oxygens (including phenoxy) is 1. The zero-order valence-corrected chi connectivity index (χ0v) is 13.6. The van der Waals surface area contributed by atoms with Gasteiger partial charge >= 0.3 is 5.97 Å². The van der Waals surface area contributed by atoms with E-state index in [1.54, 1.807) is 12.3 Å². The third kappa shape index (κ3) is 2.92. The molecule has 1 aromatic carbocycles. The van der Waals surface area contributed by atoms with Crippen LogP contribution < -0.4 is 4.74 Å². The van der Waals surface area contributed by atoms with Gasteiger partial charge in [-0.3, -0.25) is 0 Å². The largest absolute Gasteiger partial charge is 0.420 e. The molecule has 0 bridgehead atoms. The summed E-state index contributed by atoms with van der Waals surface area (Å²) in [4.78, 5) is 20.6. The number of rotatable bonds is 3. The van der Waals surface area contributed by atoms with E-state index in [1.807, 2.05) is 32.0 Å². The number of benzene rings is 1. The quantitative estimate of drug-likeness (QED) is 0.549. The molecule has 23 heavy (non-hydrogen) atoms. The first-order valence-corrected chi connectivity index (χ1v) is 7.47. The summed E-state index contributed by atoms with van der Waals surface area (Å²) >= 11 is 0. The van der Waals surface area contributed by atoms with Crippen molar-refractivity contribution in [1.29, 1.82) is 0 Å². The number of hydrogen-bond acceptors (Lipinski definition) is 5. The summed E-state index contributed by atoms with van der Waals surface area (Å²) in [7, 11) is 0. The van der Waals surface area contributed by atoms with Gasteiger partial charge in [-0.1, -0.05) is 26.0 Å². The standard InChI is InChI=1S/C17H18N4O2/c1-10(2)13-6-5-11(3)9-14(13)23-16(22)15-19-17-18-8-7-12(4)21(17)20-15/h5-10H,1-4H3. The molecule has 6 nitrogen and oxygen atoms in total. The molecule has 0 unspecified atom stereocenters. The molecule has 3 rings (SSSR count). The van der Waals surface area contributed by atoms with Gasteiger partial charge in [-0.05, 0) is 43.0 Å². The molecule has 0 saturated heterocycles. The van der Waals surface area contributed by atoms with Crippen molar-refractivity contribution >= 4 is 11.7 Å². The van der Waals surface area contributed by atoms with Gasteiger partial charge in [0.25, 0.3) is 11.6 Å². The highest BCUT2D eigenvalue weighted by Gasteiger charge is 2.19. The number of fused-ring (bicyclic) bond motifs is 1. The van der Waals surface area contributed by atoms with Crippen LogP contribution in [0.1, 0.15) is 47.2 Å². The fraction of sp³-hybridized carbons (Fsp3) is 0.294. The van der Waals surface area contributed by atoms with Crippen LogP contribution in [0.3, 0.4) is 0 Å². The average Bonchev–Trinajstić information content (AvgIpc) is 2.92. The van der Waals surface area contributed by atoms with Gasteiger partial charge < -0.3 is 4.74 Å². The Morgan fingerprint density at radius 3 is 2.70 bits per heavy atom. The van der Waals surface area contributed by atoms with Crippen molar-refractivity contribution in [1.82, 2.24) is 19.6 Å². The highest BCUT2D eigenvalue weighted by atomic mass is 16.5. The van der Waals surface area contributed by atoms with Gasteiger partial charge in [-0.25, -0.2) is 14.3 Å². The normalized spacial score (nSPS) is 11.2. The van der Waals surface area contributed by atoms with E-state index in [9.17, 15) is 4.79 Å². The fourth-order valence-electron chi connectivity index (χ4n) is 2.35. The maximum absolute atomic E-state index is 12.4. The third-order valence-electron chi connectivity index (χ3n) is 3.61. The second-order valence-electron chi connectivity index (χ2n) is 5.82. The van der Waals surface area contributed by atoms with E-state index >= 15 is 0 Å². The Hall–Kier alpha value is -2.76. The Labute approximate surface area is 134 Å². The molecule has 2 aromatic heterocycles. The van der Waals surface area contributed by atoms with Crippen molar-refractivity contribution in [2.45, 2.75) is 33.6 Å². The van der Waals surface area contributed by atoms with Gasteiger partial charge in [0.05, 0.1) is 0 Å². The minimum atomic E-state index is -0.581. The lowest BCUT2D eigenvalue weighted by atomic mass is 10.0. The van der Waals surface area contributed by atoms with Crippen molar-refractivity contribution in [2.24, 2.45) is 0 Å². The maximum Gasteiger partial charge on any atom is 0.383 e. The van der Waals surface area contributed by atoms with Crippen molar-refractivity contribution in [3.05, 3.63) is 53.1 Å². The summed E-state index contributed by atoms with van der Waals surface area (Å²) in [6, 6.07) is 7.63. The zero-order valence-electron chi connectivity index (χ0n) is 13.6. The molecule has 0 saturated carbocycles. The number of carbonyl (C=O) groups is 1. The summed E-state index contributed by atoms with van der Waals surface area (Å²) in [5.41, 5.74) is 2.85. The molecule has 0 N–H and O–H groups in total. The molecule has 0 aliphatic heterocycles. The topological polar surface area (TPSA) is 69.4 Å². The van der Waals surface area contributed by atoms with Gasteiger partial charge in [0.1, 0.15) is 5.75 Å². The summed E-state index contributed by atoms with van der Waals surface area (Å²) in [5.74, 6) is 0.598. The van der Waals surface area contributed by atoms with Gasteiger partial charge in [0.15, 0.2) is 0 Å². The fourth-order valence-corrected chi connectivity index (χ4v) is 2.35. The highest BCUT2D eigenvalue weighted by molar-refractivity contribution is 5.87. The van der Waals surface area contributed by atoms with Crippen LogP contribution in [0.15, 0.2) is 30.5 Å². The predicted octanol–water partition coefficient (Wildman–Crippen LogP) is 3.08. The molecule has 0 spiro atoms. The van der Waals surface area contributed by atoms with E-state index in [0.29, 0.717) is 11.5 Å². The number of nitrogens with zero attached hydrogens (tertiary/aromatic N) is 4. The Kier molecular flexibility index (Phi) is 3.82. The van der Waals surface area contributed by atoms with Gasteiger partial charge in [-0.15, -0.1) is 5.10 Å². The third-order valence-corrected chi connectivity index (χ3v) is 3.61. The molecule has 0 atom stereocenters. The first-order chi connectivity index (χ1) is 11.0. The first kappa shape index (κ1) is 15.1. The average molecular weight is 310 g/mol. The molecule has 0 aliphatic carbocycles. The van der Waals surface area contributed by atoms with Crippen LogP contribution in [0.2, 0.25) is 0 Å². The molecule has 0 aliphatic rings. The van der Waals surface area contributed by atoms with Crippen LogP contribution in [-0.2, 0) is 0 Å². The van der Waals surface area contributed by atoms with Crippen LogP contribution in [0.5, 0.6) is 5.75 Å². The molecule has 2 heterocycles. The van der Waals surface area contributed by atoms with Crippen LogP contribution in [0, 0.1) is 13.8 Å². The highest BCUT2D eigenvalue weighted by Crippen LogP contribution is 2.28. The Bertz CT molecular complexity index is 883. The monoisotopic (exact) mass is 310 g/mol. The number of aryl methyl sites for hydroxylation is 2. The van der Waals surface area contributed by atoms with E-state index in [1.165, 1.54) is 4.52 Å². The number of hydrogen-bond donors (Lipinski definition) is 0. The summed E-state index contributed by atoms with van der Waals surface area (Å²) in [6.07, 6.45) is 1.63. The van der Waals surface area contributed by atoms with Gasteiger partial charge in [0.2, 0.25) is 0 Å². The molecule has 0 fully saturated rings. The Morgan fingerprint density at radius 1 is 1.22 bits per heavy atom. The maximum atomic E-state index is 12.4. The van der Waals surface area contributed by atoms with Crippen LogP contribution >= 0.6 is 0 Å². The number of carbonyl (C=O) groups excluding carboxylic acids is 1. The minimum absolute atomic E-state index is 0.00279. The predicted molar refractivity (Wildman–Crippen MR) is 85.7 cm³/mol. The molecule has 0 amide bonds. The van der Waals surface area contributed by atoms with E-state index in [2.05, 4.69) is 28.9 Å². The first-order valence-electron chi connectivity index (χ1n) is 7.47. The lowest BCUT2D eigenvalue weighted by Gasteiger charge is -2.12. The number of aromatic nitrogens is 4. The van der Waals surface area contributed by atoms with E-state index in [0.717, 1.165) is 16.8 Å². The van der Waals surface area contributed by atoms with E-state index in [4.69, 9.17) is 4.74 Å². The van der Waals surface area contributed by atoms with Crippen LogP contribution in [0.25, 0.3) is 5.78 Å². The molecule has 0 radical (unpaired) electrons. The van der Waals surface area contributed by atoms with Crippen molar-refractivity contribution in [3.8, 4) is 5.75 Å². The van der Waals surface area contributed by atoms with Crippen LogP contribution in [0.4, 0.5) is 0 Å². The summed E-state index contributed by atoms with van der Waals surface area (Å²) in [6.45, 7) is 7.94. The van der Waals surface area contributed by atoms with E-state index in [-0.39, 0.29) is 11.7 Å². The van der Waals surface area contributed by atoms with Crippen molar-refractivity contribution in [3.63, 3.8) is 0 Å². The SMILES string of the molecule is Cc1ccc(C(C)C)c(OC(=O)c2nc3nccc(C)n3n2)c1. The second kappa shape index (κ2) is 5.79. The van der Waals surface area contributed by atoms with Crippen molar-refractivity contribution in [2.75, 3.05) is 0 Å². The van der Waals surface area contributed by atoms with Gasteiger partial charge in [0, 0.05) is 11.9 Å². The second-order valence-corrected chi connectivity index (χ2v) is 5.82. The minimum Gasteiger partial charge on any atom is -0.420 e. The molecular weight excluding hydrogens is 292 g/mol. The Balaban J connectivity index is 1.95. The summed E-state index contributed by atoms with van der Waals surface area (Å²) < 4.78 is 7.06. The molecule has 118 valence electrons. The lowest BCUT2D eigenvalue weighted by molar-refractivity contribution is 0.0720. The van der Waals surface area contributed by atoms with Gasteiger partial charge in [-0.2, -0.15) is 4.98 Å². The van der Waals surface area contributed by atoms with Crippen LogP contribution in [-0.4, -0.2) is 25.6 Å². The summed E-state index contributed by atoms with van der Waals surface area (Å²) in [5, 5.41) is 4.17. The number of esters is 1. The smallest absolute Gasteiger partial charge is 0.383 e. The lowest BCUT2D eigenvalue weighted by Crippen LogP contribution is -2.12. The van der Waals surface area contributed by atoms with E-state index < -0.39 is 5.97 Å². The molecule has 6 heteroatoms. The molecule has 3 aromatic rings. The van der Waals surface area contributed by atoms with Crippen molar-refractivity contribution < 1.29 is 9.53 Å². The Morgan fingerprint density at radius 2 is 2.00 bits per heavy atom. The molecular formula is C17H18N4O2.